The van der Waals surface area contributed by atoms with E-state index in [-0.39, 0.29) is 5.88 Å². The van der Waals surface area contributed by atoms with E-state index in [2.05, 4.69) is 5.32 Å². The summed E-state index contributed by atoms with van der Waals surface area (Å²) >= 11 is 5.49. The Morgan fingerprint density at radius 1 is 1.05 bits per heavy atom. The van der Waals surface area contributed by atoms with Gasteiger partial charge in [-0.2, -0.15) is 13.2 Å². The van der Waals surface area contributed by atoms with Crippen LogP contribution in [0.25, 0.3) is 11.1 Å². The van der Waals surface area contributed by atoms with Gasteiger partial charge in [-0.15, -0.1) is 11.6 Å². The summed E-state index contributed by atoms with van der Waals surface area (Å²) in [4.78, 5) is 0. The molecule has 0 heterocycles. The molecule has 0 aliphatic heterocycles. The number of halogens is 4. The first-order chi connectivity index (χ1) is 10.4. The standard InChI is InChI=1S/C16H15ClF3NO/c17-9-15(22)10-21-14-6-4-11(5-7-14)12-2-1-3-13(8-12)16(18,19)20/h1-8,15,21-22H,9-10H2. The van der Waals surface area contributed by atoms with E-state index in [0.29, 0.717) is 17.7 Å². The molecule has 2 nitrogen and oxygen atoms in total. The van der Waals surface area contributed by atoms with Crippen molar-refractivity contribution in [3.05, 3.63) is 54.1 Å². The van der Waals surface area contributed by atoms with Crippen LogP contribution in [0.2, 0.25) is 0 Å². The first kappa shape index (κ1) is 16.6. The Morgan fingerprint density at radius 2 is 1.73 bits per heavy atom. The second kappa shape index (κ2) is 7.03. The molecular weight excluding hydrogens is 315 g/mol. The molecule has 0 aliphatic carbocycles. The number of aliphatic hydroxyl groups is 1. The van der Waals surface area contributed by atoms with Gasteiger partial charge in [-0.25, -0.2) is 0 Å². The molecule has 2 aromatic rings. The van der Waals surface area contributed by atoms with Crippen LogP contribution in [-0.2, 0) is 6.18 Å². The summed E-state index contributed by atoms with van der Waals surface area (Å²) in [6.07, 6.45) is -5.00. The average Bonchev–Trinajstić information content (AvgIpc) is 2.52. The normalized spacial score (nSPS) is 13.0. The monoisotopic (exact) mass is 329 g/mol. The van der Waals surface area contributed by atoms with Crippen LogP contribution in [0, 0.1) is 0 Å². The van der Waals surface area contributed by atoms with Crippen molar-refractivity contribution in [1.82, 2.24) is 0 Å². The van der Waals surface area contributed by atoms with Crippen LogP contribution >= 0.6 is 11.6 Å². The molecule has 0 radical (unpaired) electrons. The predicted octanol–water partition coefficient (Wildman–Crippen LogP) is 4.38. The van der Waals surface area contributed by atoms with Crippen LogP contribution in [0.4, 0.5) is 18.9 Å². The van der Waals surface area contributed by atoms with Crippen molar-refractivity contribution in [2.45, 2.75) is 12.3 Å². The van der Waals surface area contributed by atoms with Crippen molar-refractivity contribution in [1.29, 1.82) is 0 Å². The molecule has 0 fully saturated rings. The van der Waals surface area contributed by atoms with Gasteiger partial charge in [-0.3, -0.25) is 0 Å². The van der Waals surface area contributed by atoms with E-state index in [0.717, 1.165) is 17.8 Å². The average molecular weight is 330 g/mol. The molecule has 6 heteroatoms. The summed E-state index contributed by atoms with van der Waals surface area (Å²) in [5.41, 5.74) is 1.29. The summed E-state index contributed by atoms with van der Waals surface area (Å²) in [5, 5.41) is 12.4. The largest absolute Gasteiger partial charge is 0.416 e. The van der Waals surface area contributed by atoms with Gasteiger partial charge in [-0.05, 0) is 35.4 Å². The third-order valence-electron chi connectivity index (χ3n) is 3.13. The van der Waals surface area contributed by atoms with Crippen LogP contribution in [-0.4, -0.2) is 23.6 Å². The lowest BCUT2D eigenvalue weighted by molar-refractivity contribution is -0.137. The highest BCUT2D eigenvalue weighted by molar-refractivity contribution is 6.18. The number of benzene rings is 2. The van der Waals surface area contributed by atoms with Crippen LogP contribution < -0.4 is 5.32 Å². The molecule has 118 valence electrons. The number of rotatable bonds is 5. The number of alkyl halides is 4. The van der Waals surface area contributed by atoms with Crippen molar-refractivity contribution < 1.29 is 18.3 Å². The van der Waals surface area contributed by atoms with Crippen molar-refractivity contribution >= 4 is 17.3 Å². The number of anilines is 1. The van der Waals surface area contributed by atoms with Gasteiger partial charge in [0, 0.05) is 12.2 Å². The molecular formula is C16H15ClF3NO. The summed E-state index contributed by atoms with van der Waals surface area (Å²) in [6.45, 7) is 0.312. The molecule has 0 bridgehead atoms. The summed E-state index contributed by atoms with van der Waals surface area (Å²) < 4.78 is 38.1. The lowest BCUT2D eigenvalue weighted by Gasteiger charge is -2.11. The molecule has 0 saturated carbocycles. The smallest absolute Gasteiger partial charge is 0.390 e. The maximum absolute atomic E-state index is 12.7. The Morgan fingerprint density at radius 3 is 2.32 bits per heavy atom. The van der Waals surface area contributed by atoms with E-state index in [9.17, 15) is 18.3 Å². The number of nitrogens with one attached hydrogen (secondary N) is 1. The topological polar surface area (TPSA) is 32.3 Å². The fourth-order valence-corrected chi connectivity index (χ4v) is 2.05. The summed E-state index contributed by atoms with van der Waals surface area (Å²) in [5.74, 6) is 0.134. The van der Waals surface area contributed by atoms with Gasteiger partial charge in [0.1, 0.15) is 0 Å². The second-order valence-electron chi connectivity index (χ2n) is 4.84. The fraction of sp³-hybridized carbons (Fsp3) is 0.250. The Bertz CT molecular complexity index is 614. The van der Waals surface area contributed by atoms with Crippen LogP contribution in [0.3, 0.4) is 0 Å². The van der Waals surface area contributed by atoms with E-state index in [4.69, 9.17) is 11.6 Å². The van der Waals surface area contributed by atoms with Gasteiger partial charge in [0.05, 0.1) is 17.5 Å². The third-order valence-corrected chi connectivity index (χ3v) is 3.48. The molecule has 2 N–H and O–H groups in total. The highest BCUT2D eigenvalue weighted by Gasteiger charge is 2.30. The Balaban J connectivity index is 2.14. The van der Waals surface area contributed by atoms with Crippen LogP contribution in [0.5, 0.6) is 0 Å². The zero-order valence-electron chi connectivity index (χ0n) is 11.6. The molecule has 0 saturated heterocycles. The zero-order valence-corrected chi connectivity index (χ0v) is 12.3. The summed E-state index contributed by atoms with van der Waals surface area (Å²) in [6, 6.07) is 12.1. The number of aliphatic hydroxyl groups excluding tert-OH is 1. The third kappa shape index (κ3) is 4.39. The molecule has 1 atom stereocenters. The van der Waals surface area contributed by atoms with E-state index in [1.54, 1.807) is 30.3 Å². The molecule has 0 aromatic heterocycles. The van der Waals surface area contributed by atoms with Crippen molar-refractivity contribution in [3.8, 4) is 11.1 Å². The minimum atomic E-state index is -4.35. The zero-order chi connectivity index (χ0) is 16.2. The van der Waals surface area contributed by atoms with E-state index in [1.807, 2.05) is 0 Å². The molecule has 0 aliphatic rings. The van der Waals surface area contributed by atoms with Crippen LogP contribution in [0.1, 0.15) is 5.56 Å². The molecule has 2 aromatic carbocycles. The Labute approximate surface area is 131 Å². The van der Waals surface area contributed by atoms with Gasteiger partial charge in [-0.1, -0.05) is 24.3 Å². The molecule has 22 heavy (non-hydrogen) atoms. The Hall–Kier alpha value is -1.72. The van der Waals surface area contributed by atoms with Gasteiger partial charge in [0.2, 0.25) is 0 Å². The van der Waals surface area contributed by atoms with E-state index >= 15 is 0 Å². The summed E-state index contributed by atoms with van der Waals surface area (Å²) in [7, 11) is 0. The van der Waals surface area contributed by atoms with Crippen molar-refractivity contribution in [3.63, 3.8) is 0 Å². The lowest BCUT2D eigenvalue weighted by atomic mass is 10.0. The SMILES string of the molecule is OC(CCl)CNc1ccc(-c2cccc(C(F)(F)F)c2)cc1. The van der Waals surface area contributed by atoms with Gasteiger partial charge >= 0.3 is 6.18 Å². The maximum atomic E-state index is 12.7. The first-order valence-electron chi connectivity index (χ1n) is 6.66. The predicted molar refractivity (Wildman–Crippen MR) is 82.1 cm³/mol. The van der Waals surface area contributed by atoms with Crippen molar-refractivity contribution in [2.75, 3.05) is 17.7 Å². The van der Waals surface area contributed by atoms with E-state index in [1.165, 1.54) is 6.07 Å². The minimum absolute atomic E-state index is 0.134. The molecule has 0 spiro atoms. The van der Waals surface area contributed by atoms with Crippen molar-refractivity contribution in [2.24, 2.45) is 0 Å². The van der Waals surface area contributed by atoms with Gasteiger partial charge < -0.3 is 10.4 Å². The fourth-order valence-electron chi connectivity index (χ4n) is 1.95. The highest BCUT2D eigenvalue weighted by atomic mass is 35.5. The minimum Gasteiger partial charge on any atom is -0.390 e. The quantitative estimate of drug-likeness (QED) is 0.798. The first-order valence-corrected chi connectivity index (χ1v) is 7.19. The molecule has 1 unspecified atom stereocenters. The number of hydrogen-bond acceptors (Lipinski definition) is 2. The second-order valence-corrected chi connectivity index (χ2v) is 5.15. The molecule has 2 rings (SSSR count). The molecule has 0 amide bonds. The Kier molecular flexibility index (Phi) is 5.32. The maximum Gasteiger partial charge on any atom is 0.416 e. The van der Waals surface area contributed by atoms with Gasteiger partial charge in [0.25, 0.3) is 0 Å². The van der Waals surface area contributed by atoms with E-state index < -0.39 is 17.8 Å². The number of hydrogen-bond donors (Lipinski definition) is 2. The van der Waals surface area contributed by atoms with Gasteiger partial charge in [0.15, 0.2) is 0 Å². The highest BCUT2D eigenvalue weighted by Crippen LogP contribution is 2.32. The van der Waals surface area contributed by atoms with Crippen LogP contribution in [0.15, 0.2) is 48.5 Å². The lowest BCUT2D eigenvalue weighted by Crippen LogP contribution is -2.20.